The fourth-order valence-electron chi connectivity index (χ4n) is 3.04. The number of hydrogen-bond acceptors (Lipinski definition) is 4. The largest absolute Gasteiger partial charge is 0.349 e. The summed E-state index contributed by atoms with van der Waals surface area (Å²) in [5.74, 6) is 0.0130. The van der Waals surface area contributed by atoms with E-state index in [1.165, 1.54) is 0 Å². The molecule has 0 radical (unpaired) electrons. The average Bonchev–Trinajstić information content (AvgIpc) is 2.91. The summed E-state index contributed by atoms with van der Waals surface area (Å²) in [6.07, 6.45) is 3.86. The average molecular weight is 313 g/mol. The molecule has 0 saturated carbocycles. The van der Waals surface area contributed by atoms with Crippen molar-refractivity contribution in [2.45, 2.75) is 25.6 Å². The van der Waals surface area contributed by atoms with Crippen molar-refractivity contribution in [1.29, 1.82) is 0 Å². The summed E-state index contributed by atoms with van der Waals surface area (Å²) < 4.78 is 2.06. The number of fused-ring (bicyclic) bond motifs is 1. The lowest BCUT2D eigenvalue weighted by Crippen LogP contribution is -2.43. The molecule has 1 aromatic heterocycles. The van der Waals surface area contributed by atoms with Crippen LogP contribution in [0, 0.1) is 0 Å². The van der Waals surface area contributed by atoms with Crippen LogP contribution in [-0.2, 0) is 6.67 Å². The van der Waals surface area contributed by atoms with E-state index in [0.29, 0.717) is 5.56 Å². The molecule has 23 heavy (non-hydrogen) atoms. The molecular weight excluding hydrogens is 289 g/mol. The summed E-state index contributed by atoms with van der Waals surface area (Å²) in [4.78, 5) is 21.3. The highest BCUT2D eigenvalue weighted by Gasteiger charge is 2.19. The van der Waals surface area contributed by atoms with Gasteiger partial charge in [0, 0.05) is 11.6 Å². The third kappa shape index (κ3) is 3.73. The molecule has 1 saturated heterocycles. The molecule has 1 amide bonds. The number of amides is 1. The van der Waals surface area contributed by atoms with E-state index >= 15 is 0 Å². The summed E-state index contributed by atoms with van der Waals surface area (Å²) in [6, 6.07) is 6.00. The fraction of sp³-hybridized carbons (Fsp3) is 0.500. The van der Waals surface area contributed by atoms with Crippen molar-refractivity contribution in [2.75, 3.05) is 27.2 Å². The number of nitrogens with one attached hydrogen (secondary N) is 1. The topological polar surface area (TPSA) is 53.4 Å². The lowest BCUT2D eigenvalue weighted by molar-refractivity contribution is 0.0924. The third-order valence-electron chi connectivity index (χ3n) is 4.37. The molecule has 2 aromatic rings. The normalized spacial score (nSPS) is 17.0. The monoisotopic (exact) mass is 313 g/mol. The number of carbonyl (C=O) groups excluding carboxylic acids is 1. The van der Waals surface area contributed by atoms with E-state index in [4.69, 9.17) is 0 Å². The van der Waals surface area contributed by atoms with Crippen LogP contribution < -0.4 is 5.32 Å². The standard InChI is InChI=1S/C16H24BN5O/c1-20(2)11-21-10-18-14-4-3-12(9-15(14)21)16(23)19-13-5-7-22(17)8-6-13/h3-4,9-10,13H,5-8,11,17H2,1-2H3,(H,19,23). The van der Waals surface area contributed by atoms with Crippen LogP contribution in [0.3, 0.4) is 0 Å². The number of carbonyl (C=O) groups is 1. The Bertz CT molecular complexity index is 691. The van der Waals surface area contributed by atoms with E-state index in [2.05, 4.69) is 32.6 Å². The zero-order valence-electron chi connectivity index (χ0n) is 14.1. The van der Waals surface area contributed by atoms with Gasteiger partial charge < -0.3 is 14.7 Å². The number of nitrogens with zero attached hydrogens (tertiary/aromatic N) is 4. The Morgan fingerprint density at radius 3 is 2.83 bits per heavy atom. The zero-order chi connectivity index (χ0) is 16.4. The summed E-state index contributed by atoms with van der Waals surface area (Å²) >= 11 is 0. The van der Waals surface area contributed by atoms with Crippen molar-refractivity contribution in [3.8, 4) is 0 Å². The van der Waals surface area contributed by atoms with Crippen molar-refractivity contribution in [3.05, 3.63) is 30.1 Å². The molecule has 0 atom stereocenters. The Hall–Kier alpha value is -1.86. The van der Waals surface area contributed by atoms with Gasteiger partial charge >= 0.3 is 0 Å². The number of rotatable bonds is 4. The van der Waals surface area contributed by atoms with Gasteiger partial charge in [0.05, 0.1) is 24.0 Å². The molecular formula is C16H24BN5O. The molecule has 1 N–H and O–H groups in total. The van der Waals surface area contributed by atoms with Gasteiger partial charge in [-0.1, -0.05) is 0 Å². The van der Waals surface area contributed by atoms with Crippen molar-refractivity contribution in [1.82, 2.24) is 24.6 Å². The molecule has 0 spiro atoms. The quantitative estimate of drug-likeness (QED) is 0.825. The Morgan fingerprint density at radius 1 is 1.39 bits per heavy atom. The minimum absolute atomic E-state index is 0.0130. The minimum atomic E-state index is 0.0130. The molecule has 3 rings (SSSR count). The van der Waals surface area contributed by atoms with Crippen molar-refractivity contribution in [2.24, 2.45) is 0 Å². The molecule has 0 bridgehead atoms. The van der Waals surface area contributed by atoms with Crippen LogP contribution in [0.4, 0.5) is 0 Å². The fourth-order valence-corrected chi connectivity index (χ4v) is 3.04. The van der Waals surface area contributed by atoms with E-state index < -0.39 is 0 Å². The van der Waals surface area contributed by atoms with Crippen LogP contribution in [0.15, 0.2) is 24.5 Å². The second-order valence-corrected chi connectivity index (χ2v) is 6.69. The first kappa shape index (κ1) is 16.0. The third-order valence-corrected chi connectivity index (χ3v) is 4.37. The Balaban J connectivity index is 1.75. The van der Waals surface area contributed by atoms with Gasteiger partial charge in [0.2, 0.25) is 0 Å². The maximum Gasteiger partial charge on any atom is 0.251 e. The van der Waals surface area contributed by atoms with Crippen LogP contribution in [0.25, 0.3) is 11.0 Å². The molecule has 1 aliphatic rings. The van der Waals surface area contributed by atoms with Gasteiger partial charge in [-0.3, -0.25) is 9.69 Å². The van der Waals surface area contributed by atoms with Gasteiger partial charge in [0.25, 0.3) is 5.91 Å². The van der Waals surface area contributed by atoms with Crippen LogP contribution in [0.1, 0.15) is 23.2 Å². The number of benzene rings is 1. The second kappa shape index (κ2) is 6.72. The first-order chi connectivity index (χ1) is 11.0. The first-order valence-electron chi connectivity index (χ1n) is 8.12. The molecule has 0 aliphatic carbocycles. The zero-order valence-corrected chi connectivity index (χ0v) is 14.1. The Morgan fingerprint density at radius 2 is 2.13 bits per heavy atom. The van der Waals surface area contributed by atoms with Crippen molar-refractivity contribution < 1.29 is 4.79 Å². The van der Waals surface area contributed by atoms with E-state index in [1.54, 1.807) is 0 Å². The van der Waals surface area contributed by atoms with Crippen molar-refractivity contribution in [3.63, 3.8) is 0 Å². The Labute approximate surface area is 137 Å². The van der Waals surface area contributed by atoms with Gasteiger partial charge in [0.15, 0.2) is 7.98 Å². The predicted molar refractivity (Wildman–Crippen MR) is 94.0 cm³/mol. The van der Waals surface area contributed by atoms with Gasteiger partial charge in [-0.2, -0.15) is 0 Å². The number of piperidine rings is 1. The molecule has 1 fully saturated rings. The van der Waals surface area contributed by atoms with E-state index in [0.717, 1.165) is 43.6 Å². The van der Waals surface area contributed by atoms with Gasteiger partial charge in [0.1, 0.15) is 0 Å². The van der Waals surface area contributed by atoms with E-state index in [1.807, 2.05) is 38.6 Å². The summed E-state index contributed by atoms with van der Waals surface area (Å²) in [7, 11) is 6.16. The van der Waals surface area contributed by atoms with Gasteiger partial charge in [-0.05, 0) is 58.2 Å². The second-order valence-electron chi connectivity index (χ2n) is 6.69. The highest BCUT2D eigenvalue weighted by Crippen LogP contribution is 2.16. The number of hydrogen-bond donors (Lipinski definition) is 1. The molecule has 1 aliphatic heterocycles. The Kier molecular flexibility index (Phi) is 4.68. The summed E-state index contributed by atoms with van der Waals surface area (Å²) in [5.41, 5.74) is 2.62. The molecule has 6 nitrogen and oxygen atoms in total. The highest BCUT2D eigenvalue weighted by molar-refractivity contribution is 6.04. The maximum atomic E-state index is 12.5. The maximum absolute atomic E-state index is 12.5. The molecule has 1 aromatic carbocycles. The van der Waals surface area contributed by atoms with Crippen LogP contribution >= 0.6 is 0 Å². The predicted octanol–water partition coefficient (Wildman–Crippen LogP) is 0.298. The van der Waals surface area contributed by atoms with Crippen molar-refractivity contribution >= 4 is 24.9 Å². The summed E-state index contributed by atoms with van der Waals surface area (Å²) in [5, 5.41) is 3.17. The van der Waals surface area contributed by atoms with Gasteiger partial charge in [-0.15, -0.1) is 0 Å². The molecule has 122 valence electrons. The lowest BCUT2D eigenvalue weighted by Gasteiger charge is -2.29. The van der Waals surface area contributed by atoms with Crippen LogP contribution in [0.2, 0.25) is 0 Å². The van der Waals surface area contributed by atoms with Crippen LogP contribution in [-0.4, -0.2) is 66.4 Å². The first-order valence-corrected chi connectivity index (χ1v) is 8.12. The van der Waals surface area contributed by atoms with Gasteiger partial charge in [-0.25, -0.2) is 4.98 Å². The number of aromatic nitrogens is 2. The molecule has 7 heteroatoms. The minimum Gasteiger partial charge on any atom is -0.349 e. The summed E-state index contributed by atoms with van der Waals surface area (Å²) in [6.45, 7) is 2.83. The number of imidazole rings is 1. The SMILES string of the molecule is BN1CCC(NC(=O)c2ccc3ncn(CN(C)C)c3c2)CC1. The molecule has 2 heterocycles. The lowest BCUT2D eigenvalue weighted by atomic mass is 10.0. The van der Waals surface area contributed by atoms with Crippen LogP contribution in [0.5, 0.6) is 0 Å². The highest BCUT2D eigenvalue weighted by atomic mass is 16.1. The smallest absolute Gasteiger partial charge is 0.251 e. The molecule has 0 unspecified atom stereocenters. The van der Waals surface area contributed by atoms with E-state index in [9.17, 15) is 4.79 Å². The van der Waals surface area contributed by atoms with E-state index in [-0.39, 0.29) is 11.9 Å².